The summed E-state index contributed by atoms with van der Waals surface area (Å²) < 4.78 is 13.1. The van der Waals surface area contributed by atoms with E-state index in [4.69, 9.17) is 9.47 Å². The maximum absolute atomic E-state index is 5.83. The van der Waals surface area contributed by atoms with E-state index in [0.717, 1.165) is 22.1 Å². The summed E-state index contributed by atoms with van der Waals surface area (Å²) in [5.41, 5.74) is 1.81. The first-order chi connectivity index (χ1) is 11.3. The molecular formula is C16H18N4O2S. The molecular weight excluding hydrogens is 312 g/mol. The minimum absolute atomic E-state index is 0.0226. The number of benzene rings is 1. The lowest BCUT2D eigenvalue weighted by Crippen LogP contribution is -2.01. The maximum atomic E-state index is 5.83. The smallest absolute Gasteiger partial charge is 0.138 e. The van der Waals surface area contributed by atoms with Gasteiger partial charge in [0.15, 0.2) is 0 Å². The van der Waals surface area contributed by atoms with Crippen molar-refractivity contribution in [2.75, 3.05) is 6.61 Å². The van der Waals surface area contributed by atoms with Crippen LogP contribution in [-0.4, -0.2) is 26.4 Å². The predicted octanol–water partition coefficient (Wildman–Crippen LogP) is 3.40. The van der Waals surface area contributed by atoms with Gasteiger partial charge >= 0.3 is 0 Å². The number of rotatable bonds is 7. The van der Waals surface area contributed by atoms with Crippen molar-refractivity contribution in [2.45, 2.75) is 26.6 Å². The van der Waals surface area contributed by atoms with Crippen molar-refractivity contribution in [3.05, 3.63) is 53.0 Å². The third-order valence-corrected chi connectivity index (χ3v) is 4.28. The van der Waals surface area contributed by atoms with Gasteiger partial charge in [-0.3, -0.25) is 0 Å². The number of nitrogens with zero attached hydrogens (tertiary/aromatic N) is 4. The maximum Gasteiger partial charge on any atom is 0.138 e. The first-order valence-electron chi connectivity index (χ1n) is 7.40. The van der Waals surface area contributed by atoms with Gasteiger partial charge in [-0.1, -0.05) is 6.07 Å². The van der Waals surface area contributed by atoms with Crippen LogP contribution < -0.4 is 4.74 Å². The molecule has 7 heteroatoms. The van der Waals surface area contributed by atoms with Gasteiger partial charge in [0.05, 0.1) is 11.4 Å². The minimum atomic E-state index is 0.0226. The van der Waals surface area contributed by atoms with Crippen LogP contribution in [0.1, 0.15) is 30.7 Å². The zero-order valence-corrected chi connectivity index (χ0v) is 13.9. The number of hydrogen-bond acceptors (Lipinski definition) is 6. The van der Waals surface area contributed by atoms with Gasteiger partial charge in [0.2, 0.25) is 0 Å². The standard InChI is InChI=1S/C16H18N4O2S/c1-3-21-12(2)16-19-13(9-23-16)8-22-15-6-4-5-14(7-15)20-11-17-10-18-20/h4-7,9-12H,3,8H2,1-2H3/t12-/m0/s1. The Morgan fingerprint density at radius 3 is 3.04 bits per heavy atom. The monoisotopic (exact) mass is 330 g/mol. The topological polar surface area (TPSA) is 62.1 Å². The Hall–Kier alpha value is -2.25. The van der Waals surface area contributed by atoms with Crippen LogP contribution in [0.25, 0.3) is 5.69 Å². The summed E-state index contributed by atoms with van der Waals surface area (Å²) in [7, 11) is 0. The number of hydrogen-bond donors (Lipinski definition) is 0. The highest BCUT2D eigenvalue weighted by Gasteiger charge is 2.10. The predicted molar refractivity (Wildman–Crippen MR) is 87.8 cm³/mol. The molecule has 0 spiro atoms. The molecule has 0 amide bonds. The van der Waals surface area contributed by atoms with Crippen LogP contribution in [0, 0.1) is 0 Å². The number of ether oxygens (including phenoxy) is 2. The summed E-state index contributed by atoms with van der Waals surface area (Å²) in [5, 5.41) is 7.09. The van der Waals surface area contributed by atoms with Crippen LogP contribution in [0.2, 0.25) is 0 Å². The van der Waals surface area contributed by atoms with E-state index in [1.807, 2.05) is 43.5 Å². The van der Waals surface area contributed by atoms with Crippen LogP contribution in [-0.2, 0) is 11.3 Å². The second-order valence-electron chi connectivity index (χ2n) is 4.90. The van der Waals surface area contributed by atoms with E-state index in [9.17, 15) is 0 Å². The zero-order valence-electron chi connectivity index (χ0n) is 13.0. The molecule has 0 unspecified atom stereocenters. The molecule has 2 aromatic heterocycles. The van der Waals surface area contributed by atoms with E-state index in [1.54, 1.807) is 22.3 Å². The van der Waals surface area contributed by atoms with Crippen molar-refractivity contribution in [2.24, 2.45) is 0 Å². The second-order valence-corrected chi connectivity index (χ2v) is 5.79. The molecule has 1 atom stereocenters. The highest BCUT2D eigenvalue weighted by Crippen LogP contribution is 2.22. The molecule has 1 aromatic carbocycles. The van der Waals surface area contributed by atoms with E-state index in [1.165, 1.54) is 6.33 Å². The molecule has 0 bridgehead atoms. The van der Waals surface area contributed by atoms with Crippen molar-refractivity contribution in [1.82, 2.24) is 19.7 Å². The summed E-state index contributed by atoms with van der Waals surface area (Å²) in [5.74, 6) is 0.769. The summed E-state index contributed by atoms with van der Waals surface area (Å²) in [6, 6.07) is 7.71. The highest BCUT2D eigenvalue weighted by molar-refractivity contribution is 7.09. The van der Waals surface area contributed by atoms with E-state index in [0.29, 0.717) is 13.2 Å². The third-order valence-electron chi connectivity index (χ3n) is 3.22. The molecule has 3 aromatic rings. The van der Waals surface area contributed by atoms with Crippen molar-refractivity contribution in [3.63, 3.8) is 0 Å². The molecule has 2 heterocycles. The van der Waals surface area contributed by atoms with Crippen LogP contribution in [0.5, 0.6) is 5.75 Å². The lowest BCUT2D eigenvalue weighted by Gasteiger charge is -2.08. The molecule has 3 rings (SSSR count). The second kappa shape index (κ2) is 7.34. The number of thiazole rings is 1. The molecule has 120 valence electrons. The molecule has 0 aliphatic rings. The van der Waals surface area contributed by atoms with Gasteiger partial charge in [0.1, 0.15) is 36.1 Å². The molecule has 0 N–H and O–H groups in total. The highest BCUT2D eigenvalue weighted by atomic mass is 32.1. The van der Waals surface area contributed by atoms with Gasteiger partial charge in [-0.15, -0.1) is 11.3 Å². The van der Waals surface area contributed by atoms with Crippen LogP contribution in [0.15, 0.2) is 42.3 Å². The molecule has 0 fully saturated rings. The van der Waals surface area contributed by atoms with Crippen LogP contribution >= 0.6 is 11.3 Å². The lowest BCUT2D eigenvalue weighted by atomic mass is 10.3. The Bertz CT molecular complexity index is 742. The fraction of sp³-hybridized carbons (Fsp3) is 0.312. The first-order valence-corrected chi connectivity index (χ1v) is 8.28. The average Bonchev–Trinajstić information content (AvgIpc) is 3.25. The molecule has 0 saturated carbocycles. The van der Waals surface area contributed by atoms with E-state index < -0.39 is 0 Å². The summed E-state index contributed by atoms with van der Waals surface area (Å²) in [6.07, 6.45) is 3.18. The van der Waals surface area contributed by atoms with E-state index in [-0.39, 0.29) is 6.10 Å². The Balaban J connectivity index is 1.63. The Morgan fingerprint density at radius 1 is 1.35 bits per heavy atom. The van der Waals surface area contributed by atoms with Crippen molar-refractivity contribution in [1.29, 1.82) is 0 Å². The van der Waals surface area contributed by atoms with Gasteiger partial charge in [-0.25, -0.2) is 14.6 Å². The molecule has 0 aliphatic heterocycles. The van der Waals surface area contributed by atoms with E-state index in [2.05, 4.69) is 15.1 Å². The molecule has 6 nitrogen and oxygen atoms in total. The largest absolute Gasteiger partial charge is 0.487 e. The van der Waals surface area contributed by atoms with Gasteiger partial charge in [-0.2, -0.15) is 5.10 Å². The SMILES string of the molecule is CCO[C@@H](C)c1nc(COc2cccc(-n3cncn3)c2)cs1. The fourth-order valence-corrected chi connectivity index (χ4v) is 2.92. The first kappa shape index (κ1) is 15.6. The molecule has 0 saturated heterocycles. The van der Waals surface area contributed by atoms with E-state index >= 15 is 0 Å². The van der Waals surface area contributed by atoms with Crippen molar-refractivity contribution >= 4 is 11.3 Å². The average molecular weight is 330 g/mol. The van der Waals surface area contributed by atoms with Gasteiger partial charge in [0.25, 0.3) is 0 Å². The minimum Gasteiger partial charge on any atom is -0.487 e. The zero-order chi connectivity index (χ0) is 16.1. The summed E-state index contributed by atoms with van der Waals surface area (Å²) in [4.78, 5) is 8.50. The molecule has 0 aliphatic carbocycles. The quantitative estimate of drug-likeness (QED) is 0.664. The lowest BCUT2D eigenvalue weighted by molar-refractivity contribution is 0.0760. The van der Waals surface area contributed by atoms with Crippen LogP contribution in [0.3, 0.4) is 0 Å². The van der Waals surface area contributed by atoms with Crippen LogP contribution in [0.4, 0.5) is 0 Å². The third kappa shape index (κ3) is 3.94. The molecule has 0 radical (unpaired) electrons. The van der Waals surface area contributed by atoms with Crippen molar-refractivity contribution < 1.29 is 9.47 Å². The van der Waals surface area contributed by atoms with Crippen molar-refractivity contribution in [3.8, 4) is 11.4 Å². The fourth-order valence-electron chi connectivity index (χ4n) is 2.11. The molecule has 23 heavy (non-hydrogen) atoms. The Labute approximate surface area is 138 Å². The Morgan fingerprint density at radius 2 is 2.26 bits per heavy atom. The van der Waals surface area contributed by atoms with Gasteiger partial charge in [0, 0.05) is 18.1 Å². The van der Waals surface area contributed by atoms with Gasteiger partial charge < -0.3 is 9.47 Å². The summed E-state index contributed by atoms with van der Waals surface area (Å²) >= 11 is 1.60. The number of aromatic nitrogens is 4. The summed E-state index contributed by atoms with van der Waals surface area (Å²) in [6.45, 7) is 5.10. The van der Waals surface area contributed by atoms with Gasteiger partial charge in [-0.05, 0) is 26.0 Å². The normalized spacial score (nSPS) is 12.3. The Kier molecular flexibility index (Phi) is 4.99.